The van der Waals surface area contributed by atoms with Gasteiger partial charge < -0.3 is 15.1 Å². The number of anilines is 1. The fourth-order valence-electron chi connectivity index (χ4n) is 4.04. The highest BCUT2D eigenvalue weighted by atomic mass is 15.3. The Morgan fingerprint density at radius 1 is 1.04 bits per heavy atom. The quantitative estimate of drug-likeness (QED) is 0.454. The summed E-state index contributed by atoms with van der Waals surface area (Å²) in [5, 5.41) is 3.45. The van der Waals surface area contributed by atoms with Crippen LogP contribution in [0.1, 0.15) is 38.2 Å². The smallest absolute Gasteiger partial charge is 0.193 e. The number of likely N-dealkylation sites (tertiary alicyclic amines) is 1. The van der Waals surface area contributed by atoms with E-state index in [0.717, 1.165) is 45.2 Å². The fourth-order valence-corrected chi connectivity index (χ4v) is 4.04. The molecule has 0 radical (unpaired) electrons. The molecule has 2 fully saturated rings. The predicted octanol–water partition coefficient (Wildman–Crippen LogP) is 2.96. The summed E-state index contributed by atoms with van der Waals surface area (Å²) in [6.07, 6.45) is 5.03. The van der Waals surface area contributed by atoms with Crippen molar-refractivity contribution in [3.05, 3.63) is 29.8 Å². The van der Waals surface area contributed by atoms with Crippen molar-refractivity contribution in [2.45, 2.75) is 39.5 Å². The van der Waals surface area contributed by atoms with E-state index >= 15 is 0 Å². The number of aliphatic imine (C=N–C) groups is 1. The number of aryl methyl sites for hydroxylation is 1. The molecule has 0 aliphatic carbocycles. The Bertz CT molecular complexity index is 586. The highest BCUT2D eigenvalue weighted by molar-refractivity contribution is 5.80. The lowest BCUT2D eigenvalue weighted by atomic mass is 10.2. The van der Waals surface area contributed by atoms with E-state index in [9.17, 15) is 0 Å². The maximum Gasteiger partial charge on any atom is 0.193 e. The Labute approximate surface area is 165 Å². The first-order chi connectivity index (χ1) is 13.3. The van der Waals surface area contributed by atoms with E-state index < -0.39 is 0 Å². The maximum absolute atomic E-state index is 4.84. The van der Waals surface area contributed by atoms with Crippen molar-refractivity contribution in [3.63, 3.8) is 0 Å². The number of nitrogens with one attached hydrogen (secondary N) is 1. The third-order valence-electron chi connectivity index (χ3n) is 5.62. The van der Waals surface area contributed by atoms with Gasteiger partial charge in [-0.2, -0.15) is 0 Å². The zero-order valence-electron chi connectivity index (χ0n) is 17.3. The van der Waals surface area contributed by atoms with Gasteiger partial charge in [0.15, 0.2) is 5.96 Å². The van der Waals surface area contributed by atoms with Crippen molar-refractivity contribution in [1.29, 1.82) is 0 Å². The van der Waals surface area contributed by atoms with E-state index in [1.54, 1.807) is 0 Å². The van der Waals surface area contributed by atoms with Gasteiger partial charge in [0, 0.05) is 58.0 Å². The SMILES string of the molecule is CCNC(=NCCCCN1CCN(c2cccc(C)c2)CC1)N1CCCC1. The molecule has 2 aliphatic rings. The van der Waals surface area contributed by atoms with Gasteiger partial charge in [0.2, 0.25) is 0 Å². The molecular formula is C22H37N5. The summed E-state index contributed by atoms with van der Waals surface area (Å²) in [4.78, 5) is 12.4. The summed E-state index contributed by atoms with van der Waals surface area (Å²) in [5.41, 5.74) is 2.73. The van der Waals surface area contributed by atoms with E-state index in [1.165, 1.54) is 56.6 Å². The summed E-state index contributed by atoms with van der Waals surface area (Å²) < 4.78 is 0. The van der Waals surface area contributed by atoms with Crippen LogP contribution in [0.25, 0.3) is 0 Å². The summed E-state index contributed by atoms with van der Waals surface area (Å²) >= 11 is 0. The van der Waals surface area contributed by atoms with Gasteiger partial charge in [0.05, 0.1) is 0 Å². The summed E-state index contributed by atoms with van der Waals surface area (Å²) in [7, 11) is 0. The largest absolute Gasteiger partial charge is 0.369 e. The lowest BCUT2D eigenvalue weighted by Gasteiger charge is -2.36. The van der Waals surface area contributed by atoms with Gasteiger partial charge >= 0.3 is 0 Å². The second-order valence-electron chi connectivity index (χ2n) is 7.80. The lowest BCUT2D eigenvalue weighted by Crippen LogP contribution is -2.46. The van der Waals surface area contributed by atoms with Crippen LogP contribution in [-0.4, -0.2) is 74.7 Å². The van der Waals surface area contributed by atoms with Crippen LogP contribution in [0, 0.1) is 6.92 Å². The molecule has 1 aromatic carbocycles. The number of unbranched alkanes of at least 4 members (excludes halogenated alkanes) is 1. The number of rotatable bonds is 7. The Hall–Kier alpha value is -1.75. The van der Waals surface area contributed by atoms with E-state index in [-0.39, 0.29) is 0 Å². The van der Waals surface area contributed by atoms with Crippen molar-refractivity contribution in [2.75, 3.05) is 63.8 Å². The number of hydrogen-bond acceptors (Lipinski definition) is 3. The van der Waals surface area contributed by atoms with Crippen molar-refractivity contribution >= 4 is 11.6 Å². The minimum atomic E-state index is 0.947. The molecule has 0 unspecified atom stereocenters. The molecule has 27 heavy (non-hydrogen) atoms. The van der Waals surface area contributed by atoms with Gasteiger partial charge in [-0.05, 0) is 63.8 Å². The summed E-state index contributed by atoms with van der Waals surface area (Å²) in [6.45, 7) is 14.4. The molecule has 5 heteroatoms. The van der Waals surface area contributed by atoms with Crippen LogP contribution in [0.15, 0.2) is 29.3 Å². The first-order valence-electron chi connectivity index (χ1n) is 10.8. The number of piperazine rings is 1. The number of guanidine groups is 1. The normalized spacial score (nSPS) is 19.0. The van der Waals surface area contributed by atoms with Crippen LogP contribution in [0.3, 0.4) is 0 Å². The van der Waals surface area contributed by atoms with E-state index in [4.69, 9.17) is 4.99 Å². The van der Waals surface area contributed by atoms with E-state index in [1.807, 2.05) is 0 Å². The first kappa shape index (κ1) is 20.0. The van der Waals surface area contributed by atoms with E-state index in [2.05, 4.69) is 58.1 Å². The first-order valence-corrected chi connectivity index (χ1v) is 10.8. The molecule has 0 aromatic heterocycles. The average Bonchev–Trinajstić information content (AvgIpc) is 3.22. The Balaban J connectivity index is 1.33. The summed E-state index contributed by atoms with van der Waals surface area (Å²) in [6, 6.07) is 8.88. The van der Waals surface area contributed by atoms with Crippen LogP contribution in [0.5, 0.6) is 0 Å². The number of hydrogen-bond donors (Lipinski definition) is 1. The van der Waals surface area contributed by atoms with Crippen LogP contribution in [0.2, 0.25) is 0 Å². The van der Waals surface area contributed by atoms with Gasteiger partial charge in [0.1, 0.15) is 0 Å². The molecule has 0 amide bonds. The third-order valence-corrected chi connectivity index (χ3v) is 5.62. The summed E-state index contributed by atoms with van der Waals surface area (Å²) in [5.74, 6) is 1.13. The molecule has 0 bridgehead atoms. The molecular weight excluding hydrogens is 334 g/mol. The molecule has 3 rings (SSSR count). The monoisotopic (exact) mass is 371 g/mol. The predicted molar refractivity (Wildman–Crippen MR) is 116 cm³/mol. The van der Waals surface area contributed by atoms with Gasteiger partial charge in [-0.15, -0.1) is 0 Å². The van der Waals surface area contributed by atoms with Crippen LogP contribution < -0.4 is 10.2 Å². The van der Waals surface area contributed by atoms with Crippen molar-refractivity contribution < 1.29 is 0 Å². The topological polar surface area (TPSA) is 34.1 Å². The maximum atomic E-state index is 4.84. The molecule has 0 atom stereocenters. The van der Waals surface area contributed by atoms with Crippen LogP contribution in [-0.2, 0) is 0 Å². The lowest BCUT2D eigenvalue weighted by molar-refractivity contribution is 0.253. The zero-order valence-corrected chi connectivity index (χ0v) is 17.3. The molecule has 2 saturated heterocycles. The second kappa shape index (κ2) is 10.5. The Kier molecular flexibility index (Phi) is 7.81. The van der Waals surface area contributed by atoms with Gasteiger partial charge in [-0.1, -0.05) is 12.1 Å². The number of nitrogens with zero attached hydrogens (tertiary/aromatic N) is 4. The van der Waals surface area contributed by atoms with E-state index in [0.29, 0.717) is 0 Å². The molecule has 2 aliphatic heterocycles. The van der Waals surface area contributed by atoms with Gasteiger partial charge in [-0.25, -0.2) is 0 Å². The van der Waals surface area contributed by atoms with Crippen molar-refractivity contribution in [3.8, 4) is 0 Å². The molecule has 0 spiro atoms. The highest BCUT2D eigenvalue weighted by Gasteiger charge is 2.17. The van der Waals surface area contributed by atoms with Crippen LogP contribution in [0.4, 0.5) is 5.69 Å². The minimum absolute atomic E-state index is 0.947. The fraction of sp³-hybridized carbons (Fsp3) is 0.682. The Morgan fingerprint density at radius 2 is 1.81 bits per heavy atom. The minimum Gasteiger partial charge on any atom is -0.369 e. The molecule has 150 valence electrons. The standard InChI is InChI=1S/C22H37N5/c1-3-23-22(27-13-6-7-14-27)24-11-4-5-12-25-15-17-26(18-16-25)21-10-8-9-20(2)19-21/h8-10,19H,3-7,11-18H2,1-2H3,(H,23,24). The second-order valence-corrected chi connectivity index (χ2v) is 7.80. The molecule has 1 N–H and O–H groups in total. The molecule has 2 heterocycles. The molecule has 0 saturated carbocycles. The van der Waals surface area contributed by atoms with Crippen molar-refractivity contribution in [2.24, 2.45) is 4.99 Å². The molecule has 1 aromatic rings. The highest BCUT2D eigenvalue weighted by Crippen LogP contribution is 2.18. The van der Waals surface area contributed by atoms with Gasteiger partial charge in [-0.3, -0.25) is 9.89 Å². The number of benzene rings is 1. The molecule has 5 nitrogen and oxygen atoms in total. The average molecular weight is 372 g/mol. The van der Waals surface area contributed by atoms with Crippen molar-refractivity contribution in [1.82, 2.24) is 15.1 Å². The third kappa shape index (κ3) is 6.13. The zero-order chi connectivity index (χ0) is 18.9. The Morgan fingerprint density at radius 3 is 2.52 bits per heavy atom. The van der Waals surface area contributed by atoms with Gasteiger partial charge in [0.25, 0.3) is 0 Å². The van der Waals surface area contributed by atoms with Crippen LogP contribution >= 0.6 is 0 Å².